The zero-order valence-corrected chi connectivity index (χ0v) is 15.0. The number of hydrogen-bond donors (Lipinski definition) is 1. The number of anilines is 1. The van der Waals surface area contributed by atoms with Crippen LogP contribution in [0.3, 0.4) is 0 Å². The van der Waals surface area contributed by atoms with E-state index in [9.17, 15) is 13.6 Å². The topological polar surface area (TPSA) is 64.1 Å². The molecule has 0 aliphatic rings. The van der Waals surface area contributed by atoms with Crippen molar-refractivity contribution in [2.75, 3.05) is 5.32 Å². The third-order valence-electron chi connectivity index (χ3n) is 2.89. The maximum absolute atomic E-state index is 12.4. The molecule has 2 heterocycles. The van der Waals surface area contributed by atoms with Gasteiger partial charge in [0.05, 0.1) is 5.56 Å². The first-order valence-electron chi connectivity index (χ1n) is 6.95. The quantitative estimate of drug-likeness (QED) is 0.459. The molecule has 0 aliphatic carbocycles. The van der Waals surface area contributed by atoms with Crippen LogP contribution in [0.2, 0.25) is 0 Å². The lowest BCUT2D eigenvalue weighted by atomic mass is 10.2. The van der Waals surface area contributed by atoms with Gasteiger partial charge in [0.25, 0.3) is 5.91 Å². The van der Waals surface area contributed by atoms with Crippen LogP contribution in [-0.2, 0) is 5.75 Å². The van der Waals surface area contributed by atoms with Crippen molar-refractivity contribution in [3.05, 3.63) is 52.2 Å². The summed E-state index contributed by atoms with van der Waals surface area (Å²) < 4.78 is 29.9. The minimum absolute atomic E-state index is 0.00536. The predicted octanol–water partition coefficient (Wildman–Crippen LogP) is 4.75. The molecule has 3 rings (SSSR count). The summed E-state index contributed by atoms with van der Waals surface area (Å²) in [6.07, 6.45) is 0. The Balaban J connectivity index is 1.63. The molecule has 1 amide bonds. The number of para-hydroxylation sites is 1. The molecule has 25 heavy (non-hydrogen) atoms. The van der Waals surface area contributed by atoms with Gasteiger partial charge in [0.1, 0.15) is 5.75 Å². The molecule has 0 aliphatic heterocycles. The summed E-state index contributed by atoms with van der Waals surface area (Å²) in [5, 5.41) is 12.8. The summed E-state index contributed by atoms with van der Waals surface area (Å²) in [6, 6.07) is 9.80. The zero-order valence-electron chi connectivity index (χ0n) is 12.5. The van der Waals surface area contributed by atoms with Crippen LogP contribution >= 0.6 is 34.4 Å². The number of aromatic nitrogens is 2. The highest BCUT2D eigenvalue weighted by atomic mass is 32.2. The Morgan fingerprint density at radius 3 is 2.84 bits per heavy atom. The van der Waals surface area contributed by atoms with Crippen LogP contribution < -0.4 is 10.1 Å². The Hall–Kier alpha value is -2.04. The number of benzene rings is 1. The van der Waals surface area contributed by atoms with Crippen LogP contribution in [0, 0.1) is 0 Å². The van der Waals surface area contributed by atoms with Gasteiger partial charge < -0.3 is 4.74 Å². The predicted molar refractivity (Wildman–Crippen MR) is 94.8 cm³/mol. The Morgan fingerprint density at radius 1 is 1.24 bits per heavy atom. The molecule has 0 unspecified atom stereocenters. The van der Waals surface area contributed by atoms with Gasteiger partial charge in [-0.2, -0.15) is 8.78 Å². The van der Waals surface area contributed by atoms with Crippen molar-refractivity contribution < 1.29 is 18.3 Å². The number of halogens is 2. The van der Waals surface area contributed by atoms with Crippen molar-refractivity contribution in [1.29, 1.82) is 0 Å². The minimum Gasteiger partial charge on any atom is -0.434 e. The van der Waals surface area contributed by atoms with E-state index in [1.54, 1.807) is 17.4 Å². The molecule has 0 atom stereocenters. The molecule has 0 spiro atoms. The van der Waals surface area contributed by atoms with Crippen molar-refractivity contribution in [2.24, 2.45) is 0 Å². The van der Waals surface area contributed by atoms with Crippen molar-refractivity contribution in [3.8, 4) is 5.75 Å². The first-order chi connectivity index (χ1) is 12.1. The van der Waals surface area contributed by atoms with E-state index in [4.69, 9.17) is 0 Å². The molecule has 5 nitrogen and oxygen atoms in total. The van der Waals surface area contributed by atoms with Crippen LogP contribution in [0.15, 0.2) is 46.1 Å². The molecular weight excluding hydrogens is 388 g/mol. The molecule has 10 heteroatoms. The highest BCUT2D eigenvalue weighted by Crippen LogP contribution is 2.30. The standard InChI is InChI=1S/C15H11F2N3O2S3/c16-13(17)22-11-6-2-1-5-10(11)12(21)18-14-19-20-15(25-14)24-8-9-4-3-7-23-9/h1-7,13H,8H2,(H,18,19,21). The van der Waals surface area contributed by atoms with E-state index in [1.807, 2.05) is 17.5 Å². The van der Waals surface area contributed by atoms with Crippen LogP contribution in [0.1, 0.15) is 15.2 Å². The minimum atomic E-state index is -3.00. The van der Waals surface area contributed by atoms with E-state index in [0.29, 0.717) is 9.47 Å². The highest BCUT2D eigenvalue weighted by molar-refractivity contribution is 8.00. The third kappa shape index (κ3) is 4.97. The highest BCUT2D eigenvalue weighted by Gasteiger charge is 2.17. The number of nitrogens with zero attached hydrogens (tertiary/aromatic N) is 2. The Labute approximate surface area is 154 Å². The molecule has 0 saturated heterocycles. The first kappa shape index (κ1) is 17.8. The number of nitrogens with one attached hydrogen (secondary N) is 1. The molecule has 0 bridgehead atoms. The monoisotopic (exact) mass is 399 g/mol. The fourth-order valence-electron chi connectivity index (χ4n) is 1.86. The third-order valence-corrected chi connectivity index (χ3v) is 5.97. The van der Waals surface area contributed by atoms with Gasteiger partial charge >= 0.3 is 6.61 Å². The van der Waals surface area contributed by atoms with Crippen molar-refractivity contribution in [2.45, 2.75) is 16.7 Å². The second kappa shape index (κ2) is 8.37. The number of thiophene rings is 1. The van der Waals surface area contributed by atoms with Crippen molar-refractivity contribution in [3.63, 3.8) is 0 Å². The molecular formula is C15H11F2N3O2S3. The molecule has 1 aromatic carbocycles. The fourth-order valence-corrected chi connectivity index (χ4v) is 4.38. The fraction of sp³-hybridized carbons (Fsp3) is 0.133. The number of carbonyl (C=O) groups is 1. The Kier molecular flexibility index (Phi) is 5.95. The average Bonchev–Trinajstić information content (AvgIpc) is 3.24. The lowest BCUT2D eigenvalue weighted by molar-refractivity contribution is -0.0501. The lowest BCUT2D eigenvalue weighted by Gasteiger charge is -2.09. The number of carbonyl (C=O) groups excluding carboxylic acids is 1. The van der Waals surface area contributed by atoms with Gasteiger partial charge in [-0.1, -0.05) is 41.3 Å². The van der Waals surface area contributed by atoms with Gasteiger partial charge in [0, 0.05) is 10.6 Å². The number of thioether (sulfide) groups is 1. The van der Waals surface area contributed by atoms with E-state index >= 15 is 0 Å². The zero-order chi connectivity index (χ0) is 17.6. The molecule has 1 N–H and O–H groups in total. The van der Waals surface area contributed by atoms with Crippen LogP contribution in [0.5, 0.6) is 5.75 Å². The van der Waals surface area contributed by atoms with E-state index < -0.39 is 12.5 Å². The van der Waals surface area contributed by atoms with Crippen LogP contribution in [0.4, 0.5) is 13.9 Å². The van der Waals surface area contributed by atoms with Gasteiger partial charge in [-0.15, -0.1) is 21.5 Å². The molecule has 0 fully saturated rings. The summed E-state index contributed by atoms with van der Waals surface area (Å²) in [5.41, 5.74) is 0.00536. The molecule has 0 saturated carbocycles. The Morgan fingerprint density at radius 2 is 2.08 bits per heavy atom. The van der Waals surface area contributed by atoms with E-state index in [2.05, 4.69) is 20.3 Å². The van der Waals surface area contributed by atoms with Crippen molar-refractivity contribution in [1.82, 2.24) is 10.2 Å². The largest absolute Gasteiger partial charge is 0.434 e. The van der Waals surface area contributed by atoms with Gasteiger partial charge in [0.2, 0.25) is 5.13 Å². The summed E-state index contributed by atoms with van der Waals surface area (Å²) in [4.78, 5) is 13.5. The average molecular weight is 399 g/mol. The molecule has 130 valence electrons. The van der Waals surface area contributed by atoms with E-state index in [-0.39, 0.29) is 11.3 Å². The van der Waals surface area contributed by atoms with Gasteiger partial charge in [-0.05, 0) is 23.6 Å². The smallest absolute Gasteiger partial charge is 0.387 e. The second-order valence-corrected chi connectivity index (χ2v) is 7.80. The van der Waals surface area contributed by atoms with Crippen LogP contribution in [-0.4, -0.2) is 22.7 Å². The molecule has 2 aromatic heterocycles. The van der Waals surface area contributed by atoms with E-state index in [1.165, 1.54) is 46.2 Å². The SMILES string of the molecule is O=C(Nc1nnc(SCc2cccs2)s1)c1ccccc1OC(F)F. The summed E-state index contributed by atoms with van der Waals surface area (Å²) in [5.74, 6) is -0.000275. The maximum Gasteiger partial charge on any atom is 0.387 e. The maximum atomic E-state index is 12.4. The Bertz CT molecular complexity index is 840. The molecule has 0 radical (unpaired) electrons. The summed E-state index contributed by atoms with van der Waals surface area (Å²) >= 11 is 4.39. The summed E-state index contributed by atoms with van der Waals surface area (Å²) in [6.45, 7) is -3.00. The second-order valence-electron chi connectivity index (χ2n) is 4.57. The summed E-state index contributed by atoms with van der Waals surface area (Å²) in [7, 11) is 0. The van der Waals surface area contributed by atoms with Crippen molar-refractivity contribution >= 4 is 45.5 Å². The lowest BCUT2D eigenvalue weighted by Crippen LogP contribution is -2.14. The number of amides is 1. The number of hydrogen-bond acceptors (Lipinski definition) is 7. The van der Waals surface area contributed by atoms with Gasteiger partial charge in [-0.25, -0.2) is 0 Å². The number of ether oxygens (including phenoxy) is 1. The van der Waals surface area contributed by atoms with Gasteiger partial charge in [-0.3, -0.25) is 10.1 Å². The normalized spacial score (nSPS) is 10.8. The number of alkyl halides is 2. The number of rotatable bonds is 7. The molecule has 3 aromatic rings. The van der Waals surface area contributed by atoms with Gasteiger partial charge in [0.15, 0.2) is 4.34 Å². The first-order valence-corrected chi connectivity index (χ1v) is 9.64. The van der Waals surface area contributed by atoms with Crippen LogP contribution in [0.25, 0.3) is 0 Å². The van der Waals surface area contributed by atoms with E-state index in [0.717, 1.165) is 5.75 Å².